The molecule has 0 atom stereocenters. The van der Waals surface area contributed by atoms with Crippen molar-refractivity contribution < 1.29 is 4.74 Å². The number of rotatable bonds is 3. The van der Waals surface area contributed by atoms with E-state index >= 15 is 0 Å². The normalized spacial score (nSPS) is 15.6. The molecule has 1 N–H and O–H groups in total. The van der Waals surface area contributed by atoms with Crippen molar-refractivity contribution in [1.29, 1.82) is 0 Å². The summed E-state index contributed by atoms with van der Waals surface area (Å²) in [5, 5.41) is 1.88. The molecule has 3 heteroatoms. The van der Waals surface area contributed by atoms with Gasteiger partial charge in [0.05, 0.1) is 22.5 Å². The van der Waals surface area contributed by atoms with E-state index in [1.165, 1.54) is 18.5 Å². The second-order valence-electron chi connectivity index (χ2n) is 4.24. The molecule has 84 valence electrons. The molecule has 1 heterocycles. The topological polar surface area (TPSA) is 25.0 Å². The van der Waals surface area contributed by atoms with Gasteiger partial charge in [0.15, 0.2) is 0 Å². The molecule has 0 unspecified atom stereocenters. The van der Waals surface area contributed by atoms with Crippen LogP contribution in [0.1, 0.15) is 31.4 Å². The Balaban J connectivity index is 2.20. The molecule has 1 aromatic carbocycles. The first-order chi connectivity index (χ1) is 7.81. The number of hydrogen-bond acceptors (Lipinski definition) is 1. The highest BCUT2D eigenvalue weighted by Crippen LogP contribution is 2.46. The van der Waals surface area contributed by atoms with E-state index < -0.39 is 0 Å². The molecule has 0 bridgehead atoms. The molecule has 2 aromatic rings. The van der Waals surface area contributed by atoms with Gasteiger partial charge in [-0.2, -0.15) is 0 Å². The molecule has 16 heavy (non-hydrogen) atoms. The van der Waals surface area contributed by atoms with Crippen LogP contribution < -0.4 is 4.74 Å². The van der Waals surface area contributed by atoms with Crippen molar-refractivity contribution in [2.24, 2.45) is 0 Å². The lowest BCUT2D eigenvalue weighted by Gasteiger charge is -2.04. The Kier molecular flexibility index (Phi) is 2.32. The second kappa shape index (κ2) is 3.70. The fraction of sp³-hybridized carbons (Fsp3) is 0.385. The van der Waals surface area contributed by atoms with Gasteiger partial charge in [-0.05, 0) is 31.9 Å². The number of benzene rings is 1. The molecule has 1 aromatic heterocycles. The maximum absolute atomic E-state index is 6.42. The molecule has 1 aliphatic rings. The van der Waals surface area contributed by atoms with E-state index in [1.807, 2.05) is 19.1 Å². The summed E-state index contributed by atoms with van der Waals surface area (Å²) in [5.74, 6) is 1.52. The molecule has 0 radical (unpaired) electrons. The Labute approximate surface area is 99.6 Å². The van der Waals surface area contributed by atoms with Crippen LogP contribution in [0.3, 0.4) is 0 Å². The minimum atomic E-state index is 0.634. The Bertz CT molecular complexity index is 528. The van der Waals surface area contributed by atoms with Gasteiger partial charge < -0.3 is 9.72 Å². The number of aromatic nitrogens is 1. The lowest BCUT2D eigenvalue weighted by molar-refractivity contribution is 0.344. The fourth-order valence-electron chi connectivity index (χ4n) is 2.13. The van der Waals surface area contributed by atoms with Crippen LogP contribution in [-0.4, -0.2) is 11.6 Å². The van der Waals surface area contributed by atoms with Crippen LogP contribution in [0.2, 0.25) is 5.02 Å². The molecule has 0 saturated heterocycles. The quantitative estimate of drug-likeness (QED) is 0.852. The monoisotopic (exact) mass is 235 g/mol. The Morgan fingerprint density at radius 2 is 2.25 bits per heavy atom. The number of nitrogens with one attached hydrogen (secondary N) is 1. The molecular formula is C13H14ClNO. The second-order valence-corrected chi connectivity index (χ2v) is 4.62. The first kappa shape index (κ1) is 10.0. The van der Waals surface area contributed by atoms with Gasteiger partial charge in [-0.3, -0.25) is 0 Å². The highest BCUT2D eigenvalue weighted by Gasteiger charge is 2.29. The van der Waals surface area contributed by atoms with E-state index in [2.05, 4.69) is 11.1 Å². The fourth-order valence-corrected chi connectivity index (χ4v) is 2.52. The highest BCUT2D eigenvalue weighted by atomic mass is 35.5. The zero-order valence-corrected chi connectivity index (χ0v) is 9.97. The highest BCUT2D eigenvalue weighted by molar-refractivity contribution is 6.37. The summed E-state index contributed by atoms with van der Waals surface area (Å²) in [7, 11) is 0. The van der Waals surface area contributed by atoms with Gasteiger partial charge in [-0.15, -0.1) is 0 Å². The molecule has 0 spiro atoms. The number of aromatic amines is 1. The number of halogens is 1. The number of hydrogen-bond donors (Lipinski definition) is 1. The van der Waals surface area contributed by atoms with Gasteiger partial charge in [-0.1, -0.05) is 17.7 Å². The lowest BCUT2D eigenvalue weighted by Crippen LogP contribution is -1.91. The van der Waals surface area contributed by atoms with Crippen LogP contribution in [0.25, 0.3) is 10.9 Å². The van der Waals surface area contributed by atoms with E-state index in [4.69, 9.17) is 16.3 Å². The molecule has 3 rings (SSSR count). The van der Waals surface area contributed by atoms with E-state index in [0.717, 1.165) is 21.7 Å². The van der Waals surface area contributed by atoms with E-state index in [0.29, 0.717) is 12.5 Å². The van der Waals surface area contributed by atoms with Crippen LogP contribution in [0, 0.1) is 0 Å². The average molecular weight is 236 g/mol. The average Bonchev–Trinajstić information content (AvgIpc) is 3.05. The maximum atomic E-state index is 6.42. The summed E-state index contributed by atoms with van der Waals surface area (Å²) < 4.78 is 5.61. The first-order valence-electron chi connectivity index (χ1n) is 5.74. The minimum absolute atomic E-state index is 0.634. The van der Waals surface area contributed by atoms with Gasteiger partial charge in [0.1, 0.15) is 5.75 Å². The van der Waals surface area contributed by atoms with Crippen molar-refractivity contribution in [2.75, 3.05) is 6.61 Å². The number of fused-ring (bicyclic) bond motifs is 1. The van der Waals surface area contributed by atoms with E-state index in [1.54, 1.807) is 0 Å². The summed E-state index contributed by atoms with van der Waals surface area (Å²) in [5.41, 5.74) is 2.27. The van der Waals surface area contributed by atoms with Crippen molar-refractivity contribution >= 4 is 22.5 Å². The smallest absolute Gasteiger partial charge is 0.130 e. The molecule has 2 nitrogen and oxygen atoms in total. The largest absolute Gasteiger partial charge is 0.493 e. The number of ether oxygens (including phenoxy) is 1. The third-order valence-electron chi connectivity index (χ3n) is 3.04. The zero-order valence-electron chi connectivity index (χ0n) is 9.22. The zero-order chi connectivity index (χ0) is 11.1. The molecule has 0 aliphatic heterocycles. The Hall–Kier alpha value is -1.15. The minimum Gasteiger partial charge on any atom is -0.493 e. The summed E-state index contributed by atoms with van der Waals surface area (Å²) in [4.78, 5) is 3.41. The maximum Gasteiger partial charge on any atom is 0.130 e. The third kappa shape index (κ3) is 1.49. The summed E-state index contributed by atoms with van der Waals surface area (Å²) in [6.45, 7) is 2.65. The van der Waals surface area contributed by atoms with Crippen LogP contribution in [-0.2, 0) is 0 Å². The van der Waals surface area contributed by atoms with E-state index in [9.17, 15) is 0 Å². The third-order valence-corrected chi connectivity index (χ3v) is 3.43. The van der Waals surface area contributed by atoms with E-state index in [-0.39, 0.29) is 0 Å². The molecule has 1 fully saturated rings. The predicted octanol–water partition coefficient (Wildman–Crippen LogP) is 4.10. The van der Waals surface area contributed by atoms with Gasteiger partial charge >= 0.3 is 0 Å². The summed E-state index contributed by atoms with van der Waals surface area (Å²) >= 11 is 6.42. The van der Waals surface area contributed by atoms with Crippen LogP contribution in [0.5, 0.6) is 5.75 Å². The van der Waals surface area contributed by atoms with Crippen LogP contribution in [0.4, 0.5) is 0 Å². The SMILES string of the molecule is CCOc1cccc2[nH]c(C3CC3)c(Cl)c12. The molecular weight excluding hydrogens is 222 g/mol. The number of H-pyrrole nitrogens is 1. The summed E-state index contributed by atoms with van der Waals surface area (Å²) in [6.07, 6.45) is 2.49. The van der Waals surface area contributed by atoms with Crippen LogP contribution >= 0.6 is 11.6 Å². The van der Waals surface area contributed by atoms with Crippen molar-refractivity contribution in [2.45, 2.75) is 25.7 Å². The van der Waals surface area contributed by atoms with Crippen molar-refractivity contribution in [3.05, 3.63) is 28.9 Å². The van der Waals surface area contributed by atoms with Gasteiger partial charge in [0, 0.05) is 11.6 Å². The standard InChI is InChI=1S/C13H14ClNO/c1-2-16-10-5-3-4-9-11(10)12(14)13(15-9)8-6-7-8/h3-5,8,15H,2,6-7H2,1H3. The van der Waals surface area contributed by atoms with Crippen molar-refractivity contribution in [3.63, 3.8) is 0 Å². The van der Waals surface area contributed by atoms with Crippen molar-refractivity contribution in [1.82, 2.24) is 4.98 Å². The van der Waals surface area contributed by atoms with Crippen LogP contribution in [0.15, 0.2) is 18.2 Å². The first-order valence-corrected chi connectivity index (χ1v) is 6.12. The summed E-state index contributed by atoms with van der Waals surface area (Å²) in [6, 6.07) is 6.02. The molecule has 1 aliphatic carbocycles. The predicted molar refractivity (Wildman–Crippen MR) is 66.5 cm³/mol. The van der Waals surface area contributed by atoms with Crippen molar-refractivity contribution in [3.8, 4) is 5.75 Å². The van der Waals surface area contributed by atoms with Gasteiger partial charge in [-0.25, -0.2) is 0 Å². The lowest BCUT2D eigenvalue weighted by atomic mass is 10.2. The molecule has 0 amide bonds. The van der Waals surface area contributed by atoms with Gasteiger partial charge in [0.25, 0.3) is 0 Å². The van der Waals surface area contributed by atoms with Gasteiger partial charge in [0.2, 0.25) is 0 Å². The Morgan fingerprint density at radius 3 is 2.94 bits per heavy atom. The Morgan fingerprint density at radius 1 is 1.44 bits per heavy atom. The molecule has 1 saturated carbocycles.